The summed E-state index contributed by atoms with van der Waals surface area (Å²) in [6.07, 6.45) is 0. The Hall–Kier alpha value is -1.50. The SMILES string of the molecule is CCOCCN(CC)Cc1cccc(C(=O)NN)n1. The number of hydrogen-bond acceptors (Lipinski definition) is 5. The van der Waals surface area contributed by atoms with Gasteiger partial charge in [0.2, 0.25) is 0 Å². The van der Waals surface area contributed by atoms with Crippen molar-refractivity contribution in [2.24, 2.45) is 5.84 Å². The standard InChI is InChI=1S/C13H22N4O2/c1-3-17(8-9-19-4-2)10-11-6-5-7-12(15-11)13(18)16-14/h5-7H,3-4,8-10,14H2,1-2H3,(H,16,18). The van der Waals surface area contributed by atoms with E-state index in [2.05, 4.69) is 22.2 Å². The van der Waals surface area contributed by atoms with E-state index in [-0.39, 0.29) is 5.91 Å². The van der Waals surface area contributed by atoms with Gasteiger partial charge in [0.15, 0.2) is 0 Å². The summed E-state index contributed by atoms with van der Waals surface area (Å²) in [6.45, 7) is 7.93. The number of carbonyl (C=O) groups excluding carboxylic acids is 1. The second kappa shape index (κ2) is 8.58. The van der Waals surface area contributed by atoms with Crippen LogP contribution in [0.25, 0.3) is 0 Å². The minimum Gasteiger partial charge on any atom is -0.380 e. The quantitative estimate of drug-likeness (QED) is 0.311. The van der Waals surface area contributed by atoms with Crippen LogP contribution in [0.15, 0.2) is 18.2 Å². The number of amides is 1. The highest BCUT2D eigenvalue weighted by atomic mass is 16.5. The molecule has 6 nitrogen and oxygen atoms in total. The molecule has 0 radical (unpaired) electrons. The first-order valence-electron chi connectivity index (χ1n) is 6.48. The van der Waals surface area contributed by atoms with E-state index in [1.54, 1.807) is 6.07 Å². The molecule has 6 heteroatoms. The maximum atomic E-state index is 11.4. The van der Waals surface area contributed by atoms with E-state index in [0.29, 0.717) is 18.8 Å². The van der Waals surface area contributed by atoms with Crippen LogP contribution in [0.4, 0.5) is 0 Å². The van der Waals surface area contributed by atoms with Crippen LogP contribution in [0.5, 0.6) is 0 Å². The smallest absolute Gasteiger partial charge is 0.283 e. The second-order valence-corrected chi connectivity index (χ2v) is 4.05. The third kappa shape index (κ3) is 5.34. The van der Waals surface area contributed by atoms with E-state index in [4.69, 9.17) is 10.6 Å². The van der Waals surface area contributed by atoms with Crippen LogP contribution in [-0.4, -0.2) is 42.1 Å². The number of rotatable bonds is 8. The Labute approximate surface area is 113 Å². The molecular weight excluding hydrogens is 244 g/mol. The molecule has 0 aliphatic rings. The highest BCUT2D eigenvalue weighted by Gasteiger charge is 2.08. The fourth-order valence-electron chi connectivity index (χ4n) is 1.68. The zero-order valence-corrected chi connectivity index (χ0v) is 11.6. The van der Waals surface area contributed by atoms with Crippen LogP contribution < -0.4 is 11.3 Å². The van der Waals surface area contributed by atoms with Gasteiger partial charge in [0, 0.05) is 19.7 Å². The van der Waals surface area contributed by atoms with Gasteiger partial charge in [-0.1, -0.05) is 13.0 Å². The Kier molecular flexibility index (Phi) is 7.02. The third-order valence-electron chi connectivity index (χ3n) is 2.76. The highest BCUT2D eigenvalue weighted by Crippen LogP contribution is 2.04. The summed E-state index contributed by atoms with van der Waals surface area (Å²) < 4.78 is 5.34. The van der Waals surface area contributed by atoms with Crippen LogP contribution >= 0.6 is 0 Å². The number of aromatic nitrogens is 1. The zero-order valence-electron chi connectivity index (χ0n) is 11.6. The van der Waals surface area contributed by atoms with Gasteiger partial charge in [-0.05, 0) is 25.6 Å². The molecule has 0 aliphatic heterocycles. The van der Waals surface area contributed by atoms with Crippen molar-refractivity contribution in [2.75, 3.05) is 26.3 Å². The fraction of sp³-hybridized carbons (Fsp3) is 0.538. The van der Waals surface area contributed by atoms with Crippen LogP contribution in [0.1, 0.15) is 30.0 Å². The van der Waals surface area contributed by atoms with Crippen molar-refractivity contribution < 1.29 is 9.53 Å². The topological polar surface area (TPSA) is 80.5 Å². The predicted octanol–water partition coefficient (Wildman–Crippen LogP) is 0.544. The van der Waals surface area contributed by atoms with E-state index in [1.807, 2.05) is 19.1 Å². The largest absolute Gasteiger partial charge is 0.380 e. The fourth-order valence-corrected chi connectivity index (χ4v) is 1.68. The normalized spacial score (nSPS) is 10.7. The van der Waals surface area contributed by atoms with Crippen molar-refractivity contribution in [3.8, 4) is 0 Å². The van der Waals surface area contributed by atoms with E-state index < -0.39 is 0 Å². The van der Waals surface area contributed by atoms with Crippen molar-refractivity contribution in [3.05, 3.63) is 29.6 Å². The molecule has 0 spiro atoms. The number of nitrogen functional groups attached to an aromatic ring is 1. The van der Waals surface area contributed by atoms with Gasteiger partial charge in [-0.2, -0.15) is 0 Å². The van der Waals surface area contributed by atoms with Crippen LogP contribution in [0.3, 0.4) is 0 Å². The second-order valence-electron chi connectivity index (χ2n) is 4.05. The molecule has 1 heterocycles. The number of likely N-dealkylation sites (N-methyl/N-ethyl adjacent to an activating group) is 1. The molecule has 0 aromatic carbocycles. The third-order valence-corrected chi connectivity index (χ3v) is 2.76. The lowest BCUT2D eigenvalue weighted by Crippen LogP contribution is -2.31. The van der Waals surface area contributed by atoms with Crippen LogP contribution in [-0.2, 0) is 11.3 Å². The highest BCUT2D eigenvalue weighted by molar-refractivity contribution is 5.91. The lowest BCUT2D eigenvalue weighted by molar-refractivity contribution is 0.0947. The van der Waals surface area contributed by atoms with Crippen molar-refractivity contribution in [1.82, 2.24) is 15.3 Å². The first-order valence-corrected chi connectivity index (χ1v) is 6.48. The molecule has 0 saturated carbocycles. The number of nitrogens with two attached hydrogens (primary N) is 1. The maximum absolute atomic E-state index is 11.4. The van der Waals surface area contributed by atoms with E-state index in [9.17, 15) is 4.79 Å². The average molecular weight is 266 g/mol. The molecule has 1 aromatic rings. The molecule has 3 N–H and O–H groups in total. The summed E-state index contributed by atoms with van der Waals surface area (Å²) in [5, 5.41) is 0. The molecule has 0 fully saturated rings. The van der Waals surface area contributed by atoms with E-state index in [0.717, 1.165) is 25.4 Å². The van der Waals surface area contributed by atoms with Crippen LogP contribution in [0.2, 0.25) is 0 Å². The monoisotopic (exact) mass is 266 g/mol. The average Bonchev–Trinajstić information content (AvgIpc) is 2.45. The molecule has 106 valence electrons. The molecule has 0 unspecified atom stereocenters. The Balaban J connectivity index is 2.61. The molecule has 1 amide bonds. The summed E-state index contributed by atoms with van der Waals surface area (Å²) in [7, 11) is 0. The van der Waals surface area contributed by atoms with Gasteiger partial charge in [0.25, 0.3) is 5.91 Å². The number of pyridine rings is 1. The number of ether oxygens (including phenoxy) is 1. The van der Waals surface area contributed by atoms with Crippen LogP contribution in [0, 0.1) is 0 Å². The molecule has 0 bridgehead atoms. The first-order chi connectivity index (χ1) is 9.21. The van der Waals surface area contributed by atoms with Gasteiger partial charge in [-0.25, -0.2) is 10.8 Å². The van der Waals surface area contributed by atoms with Gasteiger partial charge in [-0.15, -0.1) is 0 Å². The van der Waals surface area contributed by atoms with Gasteiger partial charge >= 0.3 is 0 Å². The lowest BCUT2D eigenvalue weighted by Gasteiger charge is -2.19. The zero-order chi connectivity index (χ0) is 14.1. The molecule has 0 atom stereocenters. The Bertz CT molecular complexity index is 398. The van der Waals surface area contributed by atoms with E-state index in [1.165, 1.54) is 0 Å². The maximum Gasteiger partial charge on any atom is 0.283 e. The number of hydrogen-bond donors (Lipinski definition) is 2. The van der Waals surface area contributed by atoms with E-state index >= 15 is 0 Å². The Morgan fingerprint density at radius 3 is 2.89 bits per heavy atom. The molecule has 0 aliphatic carbocycles. The molecule has 1 aromatic heterocycles. The minimum atomic E-state index is -0.376. The summed E-state index contributed by atoms with van der Waals surface area (Å²) in [6, 6.07) is 5.35. The Morgan fingerprint density at radius 1 is 1.47 bits per heavy atom. The number of nitrogens with zero attached hydrogens (tertiary/aromatic N) is 2. The van der Waals surface area contributed by atoms with Crippen molar-refractivity contribution in [2.45, 2.75) is 20.4 Å². The molecule has 1 rings (SSSR count). The summed E-state index contributed by atoms with van der Waals surface area (Å²) in [4.78, 5) is 17.9. The Morgan fingerprint density at radius 2 is 2.26 bits per heavy atom. The molecular formula is C13H22N4O2. The molecule has 0 saturated heterocycles. The predicted molar refractivity (Wildman–Crippen MR) is 73.3 cm³/mol. The van der Waals surface area contributed by atoms with Crippen molar-refractivity contribution >= 4 is 5.91 Å². The summed E-state index contributed by atoms with van der Waals surface area (Å²) >= 11 is 0. The summed E-state index contributed by atoms with van der Waals surface area (Å²) in [5.74, 6) is 4.72. The van der Waals surface area contributed by atoms with Gasteiger partial charge in [0.05, 0.1) is 12.3 Å². The minimum absolute atomic E-state index is 0.334. The first kappa shape index (κ1) is 15.6. The number of carbonyl (C=O) groups is 1. The summed E-state index contributed by atoms with van der Waals surface area (Å²) in [5.41, 5.74) is 3.26. The van der Waals surface area contributed by atoms with Crippen molar-refractivity contribution in [3.63, 3.8) is 0 Å². The van der Waals surface area contributed by atoms with Gasteiger partial charge in [-0.3, -0.25) is 15.1 Å². The van der Waals surface area contributed by atoms with Gasteiger partial charge < -0.3 is 4.74 Å². The lowest BCUT2D eigenvalue weighted by atomic mass is 10.2. The van der Waals surface area contributed by atoms with Gasteiger partial charge in [0.1, 0.15) is 5.69 Å². The van der Waals surface area contributed by atoms with Crippen molar-refractivity contribution in [1.29, 1.82) is 0 Å². The molecule has 19 heavy (non-hydrogen) atoms. The number of hydrazine groups is 1. The number of nitrogens with one attached hydrogen (secondary N) is 1.